The molecule has 0 aliphatic heterocycles. The molecule has 2 heterocycles. The van der Waals surface area contributed by atoms with E-state index in [1.165, 1.54) is 36.1 Å². The maximum atomic E-state index is 13.5. The van der Waals surface area contributed by atoms with Crippen LogP contribution in [0.5, 0.6) is 0 Å². The molecule has 1 saturated carbocycles. The fraction of sp³-hybridized carbons (Fsp3) is 0.345. The first-order valence-corrected chi connectivity index (χ1v) is 12.3. The van der Waals surface area contributed by atoms with Crippen molar-refractivity contribution < 1.29 is 0 Å². The zero-order valence-corrected chi connectivity index (χ0v) is 20.5. The second kappa shape index (κ2) is 9.05. The highest BCUT2D eigenvalue weighted by atomic mass is 16.1. The van der Waals surface area contributed by atoms with Gasteiger partial charge in [-0.15, -0.1) is 0 Å². The maximum Gasteiger partial charge on any atom is 0.282 e. The number of fused-ring (bicyclic) bond motifs is 1. The number of rotatable bonds is 4. The number of nitrogens with zero attached hydrogens (tertiary/aromatic N) is 4. The average Bonchev–Trinajstić information content (AvgIpc) is 3.12. The Hall–Kier alpha value is -3.47. The zero-order chi connectivity index (χ0) is 23.8. The number of hydrogen-bond donors (Lipinski definition) is 0. The van der Waals surface area contributed by atoms with Crippen molar-refractivity contribution in [3.63, 3.8) is 0 Å². The van der Waals surface area contributed by atoms with E-state index in [0.29, 0.717) is 5.39 Å². The van der Waals surface area contributed by atoms with Crippen LogP contribution in [0.4, 0.5) is 0 Å². The molecular weight excluding hydrogens is 420 g/mol. The standard InChI is InChI=1S/C29H32N4O/c1-19-11-10-12-20(2)27(19)32-21(3)17-24(22(32)4)18-30-33-28(23-13-6-5-7-14-23)31-26-16-9-8-15-25(26)29(33)34/h8-12,15-18,23H,5-7,13-14H2,1-4H3. The molecule has 1 fully saturated rings. The van der Waals surface area contributed by atoms with Crippen LogP contribution in [0.2, 0.25) is 0 Å². The van der Waals surface area contributed by atoms with Crippen LogP contribution in [0.25, 0.3) is 16.6 Å². The minimum Gasteiger partial charge on any atom is -0.317 e. The topological polar surface area (TPSA) is 52.2 Å². The molecule has 34 heavy (non-hydrogen) atoms. The molecular formula is C29H32N4O. The number of hydrogen-bond acceptors (Lipinski definition) is 3. The van der Waals surface area contributed by atoms with E-state index < -0.39 is 0 Å². The molecule has 0 bridgehead atoms. The van der Waals surface area contributed by atoms with Crippen LogP contribution in [0.15, 0.2) is 58.4 Å². The number of para-hydroxylation sites is 2. The Morgan fingerprint density at radius 1 is 0.941 bits per heavy atom. The molecule has 1 aliphatic rings. The average molecular weight is 453 g/mol. The first kappa shape index (κ1) is 22.3. The van der Waals surface area contributed by atoms with Crippen LogP contribution in [-0.2, 0) is 0 Å². The highest BCUT2D eigenvalue weighted by molar-refractivity contribution is 5.83. The van der Waals surface area contributed by atoms with E-state index >= 15 is 0 Å². The first-order valence-electron chi connectivity index (χ1n) is 12.3. The van der Waals surface area contributed by atoms with Gasteiger partial charge in [0.25, 0.3) is 5.56 Å². The quantitative estimate of drug-likeness (QED) is 0.339. The monoisotopic (exact) mass is 452 g/mol. The molecule has 5 heteroatoms. The van der Waals surface area contributed by atoms with E-state index in [-0.39, 0.29) is 11.5 Å². The van der Waals surface area contributed by atoms with Crippen molar-refractivity contribution >= 4 is 17.1 Å². The predicted molar refractivity (Wildman–Crippen MR) is 140 cm³/mol. The van der Waals surface area contributed by atoms with Gasteiger partial charge in [0.15, 0.2) is 0 Å². The van der Waals surface area contributed by atoms with Gasteiger partial charge in [-0.1, -0.05) is 49.6 Å². The molecule has 0 radical (unpaired) electrons. The molecule has 4 aromatic rings. The summed E-state index contributed by atoms with van der Waals surface area (Å²) in [5.41, 5.74) is 7.62. The Bertz CT molecular complexity index is 1430. The van der Waals surface area contributed by atoms with Crippen LogP contribution >= 0.6 is 0 Å². The molecule has 2 aromatic carbocycles. The van der Waals surface area contributed by atoms with E-state index in [2.05, 4.69) is 56.5 Å². The van der Waals surface area contributed by atoms with E-state index in [1.54, 1.807) is 4.68 Å². The second-order valence-corrected chi connectivity index (χ2v) is 9.59. The SMILES string of the molecule is Cc1cccc(C)c1-n1c(C)cc(C=Nn2c(C3CCCCC3)nc3ccccc3c2=O)c1C. The van der Waals surface area contributed by atoms with Crippen LogP contribution in [0.1, 0.15) is 71.9 Å². The number of benzene rings is 2. The van der Waals surface area contributed by atoms with Crippen LogP contribution in [-0.4, -0.2) is 20.4 Å². The lowest BCUT2D eigenvalue weighted by Gasteiger charge is -2.22. The highest BCUT2D eigenvalue weighted by Crippen LogP contribution is 2.32. The van der Waals surface area contributed by atoms with Crippen LogP contribution < -0.4 is 5.56 Å². The molecule has 174 valence electrons. The molecule has 5 rings (SSSR count). The van der Waals surface area contributed by atoms with Gasteiger partial charge in [-0.25, -0.2) is 4.98 Å². The summed E-state index contributed by atoms with van der Waals surface area (Å²) >= 11 is 0. The summed E-state index contributed by atoms with van der Waals surface area (Å²) < 4.78 is 3.85. The van der Waals surface area contributed by atoms with Crippen LogP contribution in [0.3, 0.4) is 0 Å². The molecule has 0 atom stereocenters. The highest BCUT2D eigenvalue weighted by Gasteiger charge is 2.22. The summed E-state index contributed by atoms with van der Waals surface area (Å²) in [4.78, 5) is 18.4. The molecule has 0 unspecified atom stereocenters. The van der Waals surface area contributed by atoms with E-state index in [1.807, 2.05) is 30.5 Å². The van der Waals surface area contributed by atoms with Crippen molar-refractivity contribution in [3.8, 4) is 5.69 Å². The molecule has 5 nitrogen and oxygen atoms in total. The Morgan fingerprint density at radius 3 is 2.38 bits per heavy atom. The van der Waals surface area contributed by atoms with Gasteiger partial charge in [0, 0.05) is 22.9 Å². The number of aromatic nitrogens is 3. The lowest BCUT2D eigenvalue weighted by atomic mass is 9.88. The largest absolute Gasteiger partial charge is 0.317 e. The molecule has 0 spiro atoms. The molecule has 1 aliphatic carbocycles. The predicted octanol–water partition coefficient (Wildman–Crippen LogP) is 6.35. The van der Waals surface area contributed by atoms with Gasteiger partial charge in [0.05, 0.1) is 22.8 Å². The Balaban J connectivity index is 1.63. The van der Waals surface area contributed by atoms with E-state index in [0.717, 1.165) is 41.1 Å². The third-order valence-electron chi connectivity index (χ3n) is 7.19. The first-order chi connectivity index (χ1) is 16.5. The summed E-state index contributed by atoms with van der Waals surface area (Å²) in [6, 6.07) is 16.1. The fourth-order valence-electron chi connectivity index (χ4n) is 5.42. The Kier molecular flexibility index (Phi) is 5.94. The summed E-state index contributed by atoms with van der Waals surface area (Å²) in [5, 5.41) is 5.37. The van der Waals surface area contributed by atoms with Gasteiger partial charge >= 0.3 is 0 Å². The second-order valence-electron chi connectivity index (χ2n) is 9.59. The minimum absolute atomic E-state index is 0.0917. The van der Waals surface area contributed by atoms with Gasteiger partial charge in [-0.2, -0.15) is 9.78 Å². The Labute approximate surface area is 200 Å². The number of aryl methyl sites for hydroxylation is 3. The fourth-order valence-corrected chi connectivity index (χ4v) is 5.42. The summed E-state index contributed by atoms with van der Waals surface area (Å²) in [5.74, 6) is 1.06. The van der Waals surface area contributed by atoms with Gasteiger partial charge in [0.1, 0.15) is 5.82 Å². The summed E-state index contributed by atoms with van der Waals surface area (Å²) in [7, 11) is 0. The van der Waals surface area contributed by atoms with Crippen molar-refractivity contribution in [1.29, 1.82) is 0 Å². The molecule has 0 N–H and O–H groups in total. The minimum atomic E-state index is -0.0917. The van der Waals surface area contributed by atoms with Gasteiger partial charge < -0.3 is 4.57 Å². The van der Waals surface area contributed by atoms with Gasteiger partial charge in [-0.05, 0) is 69.9 Å². The van der Waals surface area contributed by atoms with Gasteiger partial charge in [0.2, 0.25) is 0 Å². The van der Waals surface area contributed by atoms with Crippen molar-refractivity contribution in [3.05, 3.63) is 92.8 Å². The third-order valence-corrected chi connectivity index (χ3v) is 7.19. The summed E-state index contributed by atoms with van der Waals surface area (Å²) in [6.45, 7) is 8.52. The normalized spacial score (nSPS) is 14.9. The van der Waals surface area contributed by atoms with E-state index in [4.69, 9.17) is 10.1 Å². The molecule has 0 amide bonds. The smallest absolute Gasteiger partial charge is 0.282 e. The Morgan fingerprint density at radius 2 is 1.65 bits per heavy atom. The lowest BCUT2D eigenvalue weighted by Crippen LogP contribution is -2.25. The third kappa shape index (κ3) is 3.89. The van der Waals surface area contributed by atoms with Crippen molar-refractivity contribution in [2.24, 2.45) is 5.10 Å². The van der Waals surface area contributed by atoms with E-state index in [9.17, 15) is 4.79 Å². The molecule has 2 aromatic heterocycles. The van der Waals surface area contributed by atoms with Crippen LogP contribution in [0, 0.1) is 27.7 Å². The van der Waals surface area contributed by atoms with Crippen molar-refractivity contribution in [2.45, 2.75) is 65.7 Å². The summed E-state index contributed by atoms with van der Waals surface area (Å²) in [6.07, 6.45) is 7.54. The maximum absolute atomic E-state index is 13.5. The van der Waals surface area contributed by atoms with Crippen molar-refractivity contribution in [2.75, 3.05) is 0 Å². The van der Waals surface area contributed by atoms with Crippen molar-refractivity contribution in [1.82, 2.24) is 14.2 Å². The molecule has 0 saturated heterocycles. The zero-order valence-electron chi connectivity index (χ0n) is 20.5. The van der Waals surface area contributed by atoms with Gasteiger partial charge in [-0.3, -0.25) is 4.79 Å². The lowest BCUT2D eigenvalue weighted by molar-refractivity contribution is 0.416.